The predicted molar refractivity (Wildman–Crippen MR) is 209 cm³/mol. The molecule has 4 aromatic rings. The Morgan fingerprint density at radius 3 is 2.17 bits per heavy atom. The SMILES string of the molecule is COc1cc(C=C[C@H]2C3=CC[C@@H]4C(=O)N(c5ccc(I)cc5)C(=O)[C@@H]4[C@@H]3C[C@H]3C(=O)N(c4cccc(Cl)c4)C(=O)[C@@]23c2ccccc2)cc(OC)c1O. The lowest BCUT2D eigenvalue weighted by Gasteiger charge is -2.49. The maximum atomic E-state index is 15.3. The van der Waals surface area contributed by atoms with Crippen LogP contribution in [0.2, 0.25) is 5.02 Å². The number of halogens is 2. The Morgan fingerprint density at radius 2 is 1.51 bits per heavy atom. The van der Waals surface area contributed by atoms with Crippen molar-refractivity contribution in [3.63, 3.8) is 0 Å². The first kappa shape index (κ1) is 35.1. The maximum absolute atomic E-state index is 15.3. The Hall–Kier alpha value is -4.94. The molecular weight excluding hydrogens is 807 g/mol. The number of amides is 4. The fourth-order valence-electron chi connectivity index (χ4n) is 9.05. The lowest BCUT2D eigenvalue weighted by atomic mass is 9.50. The molecule has 4 amide bonds. The normalized spacial score (nSPS) is 26.4. The van der Waals surface area contributed by atoms with Crippen molar-refractivity contribution in [1.29, 1.82) is 0 Å². The molecule has 11 heteroatoms. The number of ether oxygens (including phenoxy) is 2. The number of carbonyl (C=O) groups is 4. The summed E-state index contributed by atoms with van der Waals surface area (Å²) in [6, 6.07) is 26.6. The van der Waals surface area contributed by atoms with Crippen molar-refractivity contribution in [1.82, 2.24) is 0 Å². The third-order valence-electron chi connectivity index (χ3n) is 11.3. The number of anilines is 2. The van der Waals surface area contributed by atoms with Crippen LogP contribution < -0.4 is 19.3 Å². The van der Waals surface area contributed by atoms with Gasteiger partial charge in [-0.2, -0.15) is 0 Å². The van der Waals surface area contributed by atoms with E-state index in [1.165, 1.54) is 24.0 Å². The van der Waals surface area contributed by atoms with E-state index < -0.39 is 40.9 Å². The molecule has 3 fully saturated rings. The number of phenolic OH excluding ortho intramolecular Hbond substituents is 1. The fourth-order valence-corrected chi connectivity index (χ4v) is 9.60. The lowest BCUT2D eigenvalue weighted by Crippen LogP contribution is -2.54. The summed E-state index contributed by atoms with van der Waals surface area (Å²) in [5.41, 5.74) is 1.59. The molecule has 1 N–H and O–H groups in total. The van der Waals surface area contributed by atoms with E-state index in [1.54, 1.807) is 48.5 Å². The Labute approximate surface area is 325 Å². The second-order valence-corrected chi connectivity index (χ2v) is 15.4. The Balaban J connectivity index is 1.33. The second kappa shape index (κ2) is 13.5. The summed E-state index contributed by atoms with van der Waals surface area (Å²) in [4.78, 5) is 61.3. The number of fused-ring (bicyclic) bond motifs is 4. The number of hydrogen-bond donors (Lipinski definition) is 1. The Bertz CT molecular complexity index is 2210. The van der Waals surface area contributed by atoms with Crippen LogP contribution in [-0.2, 0) is 24.6 Å². The summed E-state index contributed by atoms with van der Waals surface area (Å²) in [6.45, 7) is 0. The molecular formula is C42H34ClIN2O7. The number of imide groups is 2. The average molecular weight is 841 g/mol. The van der Waals surface area contributed by atoms with Crippen molar-refractivity contribution in [2.24, 2.45) is 29.6 Å². The summed E-state index contributed by atoms with van der Waals surface area (Å²) >= 11 is 8.59. The monoisotopic (exact) mass is 840 g/mol. The minimum atomic E-state index is -1.40. The van der Waals surface area contributed by atoms with Crippen molar-refractivity contribution >= 4 is 75.3 Å². The number of methoxy groups -OCH3 is 2. The molecule has 2 aliphatic carbocycles. The van der Waals surface area contributed by atoms with E-state index in [9.17, 15) is 19.5 Å². The predicted octanol–water partition coefficient (Wildman–Crippen LogP) is 7.58. The van der Waals surface area contributed by atoms with Crippen LogP contribution in [0, 0.1) is 33.2 Å². The largest absolute Gasteiger partial charge is 0.502 e. The molecule has 0 bridgehead atoms. The Kier molecular flexibility index (Phi) is 8.93. The first-order chi connectivity index (χ1) is 25.6. The molecule has 4 aromatic carbocycles. The molecule has 268 valence electrons. The highest BCUT2D eigenvalue weighted by Gasteiger charge is 2.69. The van der Waals surface area contributed by atoms with Gasteiger partial charge in [-0.3, -0.25) is 24.1 Å². The van der Waals surface area contributed by atoms with Gasteiger partial charge in [0.15, 0.2) is 11.5 Å². The molecule has 4 aliphatic rings. The maximum Gasteiger partial charge on any atom is 0.246 e. The molecule has 2 heterocycles. The number of aromatic hydroxyl groups is 1. The van der Waals surface area contributed by atoms with E-state index in [0.717, 1.165) is 9.14 Å². The summed E-state index contributed by atoms with van der Waals surface area (Å²) in [5, 5.41) is 11.0. The van der Waals surface area contributed by atoms with Crippen molar-refractivity contribution in [3.05, 3.63) is 128 Å². The van der Waals surface area contributed by atoms with E-state index in [-0.39, 0.29) is 41.4 Å². The van der Waals surface area contributed by atoms with Crippen LogP contribution in [0.3, 0.4) is 0 Å². The van der Waals surface area contributed by atoms with Gasteiger partial charge >= 0.3 is 0 Å². The highest BCUT2D eigenvalue weighted by Crippen LogP contribution is 2.62. The third-order valence-corrected chi connectivity index (χ3v) is 12.3. The molecule has 53 heavy (non-hydrogen) atoms. The molecule has 8 rings (SSSR count). The number of rotatable bonds is 7. The molecule has 1 saturated carbocycles. The van der Waals surface area contributed by atoms with Gasteiger partial charge in [-0.25, -0.2) is 4.90 Å². The average Bonchev–Trinajstić information content (AvgIpc) is 3.56. The van der Waals surface area contributed by atoms with E-state index in [4.69, 9.17) is 21.1 Å². The van der Waals surface area contributed by atoms with Gasteiger partial charge in [-0.05, 0) is 107 Å². The van der Waals surface area contributed by atoms with E-state index in [1.807, 2.05) is 60.7 Å². The lowest BCUT2D eigenvalue weighted by molar-refractivity contribution is -0.128. The smallest absolute Gasteiger partial charge is 0.246 e. The highest BCUT2D eigenvalue weighted by molar-refractivity contribution is 14.1. The van der Waals surface area contributed by atoms with E-state index in [0.29, 0.717) is 33.9 Å². The number of phenols is 1. The first-order valence-electron chi connectivity index (χ1n) is 17.3. The molecule has 2 saturated heterocycles. The molecule has 6 atom stereocenters. The van der Waals surface area contributed by atoms with Gasteiger partial charge in [0.05, 0.1) is 48.8 Å². The molecule has 0 spiro atoms. The van der Waals surface area contributed by atoms with Crippen molar-refractivity contribution in [2.75, 3.05) is 24.0 Å². The minimum absolute atomic E-state index is 0.150. The van der Waals surface area contributed by atoms with Crippen molar-refractivity contribution in [2.45, 2.75) is 18.3 Å². The number of allylic oxidation sites excluding steroid dienone is 3. The van der Waals surface area contributed by atoms with Crippen molar-refractivity contribution in [3.8, 4) is 17.2 Å². The summed E-state index contributed by atoms with van der Waals surface area (Å²) in [6.07, 6.45) is 6.25. The van der Waals surface area contributed by atoms with Crippen molar-refractivity contribution < 1.29 is 33.8 Å². The van der Waals surface area contributed by atoms with Crippen LogP contribution in [-0.4, -0.2) is 43.0 Å². The van der Waals surface area contributed by atoms with Gasteiger partial charge in [0, 0.05) is 14.5 Å². The quantitative estimate of drug-likeness (QED) is 0.116. The van der Waals surface area contributed by atoms with E-state index in [2.05, 4.69) is 22.6 Å². The van der Waals surface area contributed by atoms with Gasteiger partial charge in [0.2, 0.25) is 29.4 Å². The zero-order valence-electron chi connectivity index (χ0n) is 28.7. The Morgan fingerprint density at radius 1 is 0.811 bits per heavy atom. The number of benzene rings is 4. The second-order valence-electron chi connectivity index (χ2n) is 13.8. The summed E-state index contributed by atoms with van der Waals surface area (Å²) in [7, 11) is 2.89. The molecule has 0 unspecified atom stereocenters. The fraction of sp³-hybridized carbons (Fsp3) is 0.238. The first-order valence-corrected chi connectivity index (χ1v) is 18.7. The number of carbonyl (C=O) groups excluding carboxylic acids is 4. The molecule has 9 nitrogen and oxygen atoms in total. The van der Waals surface area contributed by atoms with Crippen LogP contribution in [0.5, 0.6) is 17.2 Å². The van der Waals surface area contributed by atoms with Crippen LogP contribution in [0.4, 0.5) is 11.4 Å². The van der Waals surface area contributed by atoms with Crippen LogP contribution in [0.25, 0.3) is 6.08 Å². The minimum Gasteiger partial charge on any atom is -0.502 e. The van der Waals surface area contributed by atoms with Crippen LogP contribution in [0.15, 0.2) is 109 Å². The van der Waals surface area contributed by atoms with Gasteiger partial charge in [-0.1, -0.05) is 71.8 Å². The summed E-state index contributed by atoms with van der Waals surface area (Å²) in [5.74, 6) is -4.52. The third kappa shape index (κ3) is 5.40. The number of nitrogens with zero attached hydrogens (tertiary/aromatic N) is 2. The standard InChI is InChI=1S/C42H34ClIN2O7/c1-52-34-19-23(20-35(53-2)37(34)47)11-18-32-29-16-17-30-36(40(50)45(38(30)48)27-14-12-26(44)13-15-27)31(29)22-33-39(49)46(28-10-6-9-25(43)21-28)41(51)42(32,33)24-7-4-3-5-8-24/h3-16,18-21,30-33,36,47H,17,22H2,1-2H3/t30-,31+,32-,33-,36-,42-/m0/s1. The topological polar surface area (TPSA) is 113 Å². The molecule has 2 aliphatic heterocycles. The molecule has 0 radical (unpaired) electrons. The zero-order valence-corrected chi connectivity index (χ0v) is 31.7. The zero-order chi connectivity index (χ0) is 37.2. The highest BCUT2D eigenvalue weighted by atomic mass is 127. The van der Waals surface area contributed by atoms with E-state index >= 15 is 4.79 Å². The van der Waals surface area contributed by atoms with Gasteiger partial charge in [-0.15, -0.1) is 0 Å². The van der Waals surface area contributed by atoms with Gasteiger partial charge in [0.25, 0.3) is 0 Å². The molecule has 0 aromatic heterocycles. The van der Waals surface area contributed by atoms with Gasteiger partial charge in [0.1, 0.15) is 0 Å². The van der Waals surface area contributed by atoms with Crippen LogP contribution in [0.1, 0.15) is 24.0 Å². The summed E-state index contributed by atoms with van der Waals surface area (Å²) < 4.78 is 11.8. The number of hydrogen-bond acceptors (Lipinski definition) is 7. The van der Waals surface area contributed by atoms with Crippen LogP contribution >= 0.6 is 34.2 Å². The van der Waals surface area contributed by atoms with Gasteiger partial charge < -0.3 is 14.6 Å².